The minimum Gasteiger partial charge on any atom is -0.443 e. The number of aromatic nitrogens is 1. The van der Waals surface area contributed by atoms with Crippen molar-refractivity contribution in [2.24, 2.45) is 0 Å². The van der Waals surface area contributed by atoms with Gasteiger partial charge in [0, 0.05) is 0 Å². The minimum atomic E-state index is -0.685. The van der Waals surface area contributed by atoms with Crippen molar-refractivity contribution >= 4 is 23.3 Å². The fourth-order valence-electron chi connectivity index (χ4n) is 3.37. The van der Waals surface area contributed by atoms with Gasteiger partial charge in [0.15, 0.2) is 0 Å². The van der Waals surface area contributed by atoms with Crippen LogP contribution < -0.4 is 5.32 Å². The van der Waals surface area contributed by atoms with E-state index in [4.69, 9.17) is 4.42 Å². The van der Waals surface area contributed by atoms with Crippen LogP contribution in [0, 0.1) is 0 Å². The maximum Gasteiger partial charge on any atom is 0.325 e. The second-order valence-corrected chi connectivity index (χ2v) is 7.03. The fraction of sp³-hybridized carbons (Fsp3) is 0.438. The van der Waals surface area contributed by atoms with Crippen LogP contribution in [0.3, 0.4) is 0 Å². The van der Waals surface area contributed by atoms with Crippen LogP contribution in [0.1, 0.15) is 37.8 Å². The zero-order valence-corrected chi connectivity index (χ0v) is 13.4. The van der Waals surface area contributed by atoms with Gasteiger partial charge in [0.05, 0.1) is 17.1 Å². The van der Waals surface area contributed by atoms with Gasteiger partial charge in [-0.3, -0.25) is 9.69 Å². The third-order valence-electron chi connectivity index (χ3n) is 4.56. The maximum atomic E-state index is 12.7. The SMILES string of the molecule is O=C1NC2(CCCCC2)C(=O)N1Cc1coc(-c2cccs2)n1. The van der Waals surface area contributed by atoms with Crippen LogP contribution in [0.25, 0.3) is 10.8 Å². The number of rotatable bonds is 3. The lowest BCUT2D eigenvalue weighted by Gasteiger charge is -2.30. The molecule has 2 aromatic rings. The minimum absolute atomic E-state index is 0.122. The topological polar surface area (TPSA) is 75.4 Å². The first-order valence-electron chi connectivity index (χ1n) is 7.80. The van der Waals surface area contributed by atoms with Crippen molar-refractivity contribution in [1.29, 1.82) is 0 Å². The van der Waals surface area contributed by atoms with E-state index in [2.05, 4.69) is 10.3 Å². The molecule has 0 unspecified atom stereocenters. The lowest BCUT2D eigenvalue weighted by Crippen LogP contribution is -2.48. The van der Waals surface area contributed by atoms with Gasteiger partial charge in [-0.05, 0) is 24.3 Å². The van der Waals surface area contributed by atoms with E-state index in [0.717, 1.165) is 37.0 Å². The Hall–Kier alpha value is -2.15. The molecule has 0 bridgehead atoms. The van der Waals surface area contributed by atoms with Gasteiger partial charge in [-0.1, -0.05) is 25.3 Å². The van der Waals surface area contributed by atoms with E-state index in [-0.39, 0.29) is 18.5 Å². The zero-order chi connectivity index (χ0) is 15.9. The molecule has 120 valence electrons. The molecule has 3 heterocycles. The molecule has 0 atom stereocenters. The Kier molecular flexibility index (Phi) is 3.45. The molecule has 0 aromatic carbocycles. The van der Waals surface area contributed by atoms with Crippen molar-refractivity contribution in [3.8, 4) is 10.8 Å². The highest BCUT2D eigenvalue weighted by Gasteiger charge is 2.51. The molecule has 1 N–H and O–H groups in total. The molecule has 6 nitrogen and oxygen atoms in total. The summed E-state index contributed by atoms with van der Waals surface area (Å²) in [5.41, 5.74) is -0.0971. The molecule has 1 spiro atoms. The second kappa shape index (κ2) is 5.49. The number of nitrogens with zero attached hydrogens (tertiary/aromatic N) is 2. The van der Waals surface area contributed by atoms with Gasteiger partial charge in [-0.25, -0.2) is 9.78 Å². The van der Waals surface area contributed by atoms with E-state index >= 15 is 0 Å². The van der Waals surface area contributed by atoms with Crippen molar-refractivity contribution in [1.82, 2.24) is 15.2 Å². The van der Waals surface area contributed by atoms with Gasteiger partial charge in [-0.2, -0.15) is 0 Å². The number of amides is 3. The molecule has 0 radical (unpaired) electrons. The third kappa shape index (κ3) is 2.45. The highest BCUT2D eigenvalue weighted by atomic mass is 32.1. The molecule has 1 saturated heterocycles. The van der Waals surface area contributed by atoms with Crippen LogP contribution in [-0.4, -0.2) is 27.4 Å². The number of carbonyl (C=O) groups is 2. The lowest BCUT2D eigenvalue weighted by atomic mass is 9.82. The van der Waals surface area contributed by atoms with Crippen LogP contribution >= 0.6 is 11.3 Å². The first-order valence-corrected chi connectivity index (χ1v) is 8.68. The average molecular weight is 331 g/mol. The van der Waals surface area contributed by atoms with Crippen molar-refractivity contribution in [2.75, 3.05) is 0 Å². The molecule has 4 rings (SSSR count). The summed E-state index contributed by atoms with van der Waals surface area (Å²) >= 11 is 1.53. The Morgan fingerprint density at radius 1 is 1.30 bits per heavy atom. The fourth-order valence-corrected chi connectivity index (χ4v) is 4.02. The zero-order valence-electron chi connectivity index (χ0n) is 12.6. The van der Waals surface area contributed by atoms with Gasteiger partial charge < -0.3 is 9.73 Å². The monoisotopic (exact) mass is 331 g/mol. The summed E-state index contributed by atoms with van der Waals surface area (Å²) in [6, 6.07) is 3.52. The summed E-state index contributed by atoms with van der Waals surface area (Å²) in [5, 5.41) is 4.85. The molecular formula is C16H17N3O3S. The van der Waals surface area contributed by atoms with Gasteiger partial charge in [0.25, 0.3) is 5.91 Å². The van der Waals surface area contributed by atoms with E-state index in [9.17, 15) is 9.59 Å². The maximum absolute atomic E-state index is 12.7. The highest BCUT2D eigenvalue weighted by molar-refractivity contribution is 7.13. The number of nitrogens with one attached hydrogen (secondary N) is 1. The van der Waals surface area contributed by atoms with Crippen LogP contribution in [0.4, 0.5) is 4.79 Å². The molecule has 2 fully saturated rings. The predicted octanol–water partition coefficient (Wildman–Crippen LogP) is 3.16. The molecule has 1 saturated carbocycles. The standard InChI is InChI=1S/C16H17N3O3S/c20-14-16(6-2-1-3-7-16)18-15(21)19(14)9-11-10-22-13(17-11)12-5-4-8-23-12/h4-5,8,10H,1-3,6-7,9H2,(H,18,21). The average Bonchev–Trinajstić information content (AvgIpc) is 3.27. The Morgan fingerprint density at radius 2 is 2.13 bits per heavy atom. The lowest BCUT2D eigenvalue weighted by molar-refractivity contribution is -0.132. The van der Waals surface area contributed by atoms with Gasteiger partial charge in [0.1, 0.15) is 11.8 Å². The third-order valence-corrected chi connectivity index (χ3v) is 5.41. The van der Waals surface area contributed by atoms with Gasteiger partial charge in [-0.15, -0.1) is 11.3 Å². The number of hydrogen-bond donors (Lipinski definition) is 1. The highest BCUT2D eigenvalue weighted by Crippen LogP contribution is 2.34. The van der Waals surface area contributed by atoms with E-state index < -0.39 is 5.54 Å². The molecule has 1 aliphatic heterocycles. The molecular weight excluding hydrogens is 314 g/mol. The Bertz CT molecular complexity index is 732. The molecule has 1 aliphatic carbocycles. The quantitative estimate of drug-likeness (QED) is 0.877. The molecule has 3 amide bonds. The van der Waals surface area contributed by atoms with Crippen molar-refractivity contribution in [3.05, 3.63) is 29.5 Å². The number of oxazole rings is 1. The normalized spacial score (nSPS) is 20.3. The number of thiophene rings is 1. The smallest absolute Gasteiger partial charge is 0.325 e. The largest absolute Gasteiger partial charge is 0.443 e. The van der Waals surface area contributed by atoms with Crippen molar-refractivity contribution in [3.63, 3.8) is 0 Å². The molecule has 23 heavy (non-hydrogen) atoms. The Balaban J connectivity index is 1.52. The Morgan fingerprint density at radius 3 is 2.87 bits per heavy atom. The first kappa shape index (κ1) is 14.4. The van der Waals surface area contributed by atoms with Crippen molar-refractivity contribution < 1.29 is 14.0 Å². The van der Waals surface area contributed by atoms with Gasteiger partial charge in [0.2, 0.25) is 5.89 Å². The van der Waals surface area contributed by atoms with E-state index in [1.165, 1.54) is 22.5 Å². The summed E-state index contributed by atoms with van der Waals surface area (Å²) in [5.74, 6) is 0.400. The summed E-state index contributed by atoms with van der Waals surface area (Å²) in [7, 11) is 0. The van der Waals surface area contributed by atoms with E-state index in [0.29, 0.717) is 11.6 Å². The summed E-state index contributed by atoms with van der Waals surface area (Å²) in [4.78, 5) is 31.5. The number of imide groups is 1. The van der Waals surface area contributed by atoms with Crippen LogP contribution in [0.5, 0.6) is 0 Å². The second-order valence-electron chi connectivity index (χ2n) is 6.09. The summed E-state index contributed by atoms with van der Waals surface area (Å²) in [6.45, 7) is 0.154. The molecule has 2 aliphatic rings. The number of urea groups is 1. The van der Waals surface area contributed by atoms with E-state index in [1.54, 1.807) is 0 Å². The summed E-state index contributed by atoms with van der Waals surface area (Å²) < 4.78 is 5.46. The number of carbonyl (C=O) groups excluding carboxylic acids is 2. The van der Waals surface area contributed by atoms with Crippen LogP contribution in [0.15, 0.2) is 28.2 Å². The van der Waals surface area contributed by atoms with Crippen molar-refractivity contribution in [2.45, 2.75) is 44.2 Å². The van der Waals surface area contributed by atoms with E-state index in [1.807, 2.05) is 17.5 Å². The van der Waals surface area contributed by atoms with Crippen LogP contribution in [-0.2, 0) is 11.3 Å². The van der Waals surface area contributed by atoms with Crippen LogP contribution in [0.2, 0.25) is 0 Å². The molecule has 7 heteroatoms. The predicted molar refractivity (Wildman–Crippen MR) is 84.7 cm³/mol. The molecule has 2 aromatic heterocycles. The summed E-state index contributed by atoms with van der Waals surface area (Å²) in [6.07, 6.45) is 6.05. The Labute approximate surface area is 137 Å². The van der Waals surface area contributed by atoms with Gasteiger partial charge >= 0.3 is 6.03 Å². The number of hydrogen-bond acceptors (Lipinski definition) is 5. The first-order chi connectivity index (χ1) is 11.2.